The largest absolute Gasteiger partial charge is 0.456 e. The van der Waals surface area contributed by atoms with E-state index in [2.05, 4.69) is 218 Å². The lowest BCUT2D eigenvalue weighted by Crippen LogP contribution is -2.28. The van der Waals surface area contributed by atoms with Crippen LogP contribution in [-0.2, 0) is 5.41 Å². The Balaban J connectivity index is 0.958. The van der Waals surface area contributed by atoms with Gasteiger partial charge in [0.25, 0.3) is 0 Å². The monoisotopic (exact) mass is 897 g/mol. The van der Waals surface area contributed by atoms with Gasteiger partial charge in [0.05, 0.1) is 5.41 Å². The van der Waals surface area contributed by atoms with Crippen molar-refractivity contribution in [3.63, 3.8) is 0 Å². The predicted octanol–water partition coefficient (Wildman–Crippen LogP) is 16.8. The molecule has 3 heterocycles. The van der Waals surface area contributed by atoms with Gasteiger partial charge in [-0.2, -0.15) is 0 Å². The quantitative estimate of drug-likeness (QED) is 0.160. The number of aromatic nitrogens is 3. The van der Waals surface area contributed by atoms with Crippen LogP contribution in [0.1, 0.15) is 22.3 Å². The molecule has 10 aromatic carbocycles. The summed E-state index contributed by atoms with van der Waals surface area (Å²) in [5, 5.41) is 4.39. The number of benzene rings is 10. The van der Waals surface area contributed by atoms with Gasteiger partial charge in [-0.3, -0.25) is 0 Å². The molecule has 0 atom stereocenters. The lowest BCUT2D eigenvalue weighted by molar-refractivity contribution is 0.669. The molecule has 0 saturated carbocycles. The van der Waals surface area contributed by atoms with E-state index in [1.165, 1.54) is 53.6 Å². The zero-order valence-corrected chi connectivity index (χ0v) is 38.0. The molecule has 0 aliphatic heterocycles. The van der Waals surface area contributed by atoms with Crippen molar-refractivity contribution >= 4 is 53.4 Å². The molecule has 13 aromatic rings. The van der Waals surface area contributed by atoms with Gasteiger partial charge in [0.2, 0.25) is 0 Å². The minimum absolute atomic E-state index is 0.500. The standard InChI is InChI=1S/C64H39N3OS/c1-4-16-40(17-5-1)41-18-14-19-44(36-41)61-65-62(45-32-35-59-52(38-45)50-25-11-13-29-58(50)69-59)67-63(66-61)51-26-15-28-57-60(51)53-37-42(31-34-56(53)68-57)43-30-33-49-48-24-10-12-27-54(48)64(55(49)39-43,46-20-6-2-7-21-46)47-22-8-3-9-23-47/h1-39H. The van der Waals surface area contributed by atoms with E-state index < -0.39 is 5.41 Å². The number of fused-ring (bicyclic) bond motifs is 9. The number of nitrogens with zero attached hydrogens (tertiary/aromatic N) is 3. The van der Waals surface area contributed by atoms with Crippen molar-refractivity contribution < 1.29 is 4.42 Å². The number of hydrogen-bond donors (Lipinski definition) is 0. The number of rotatable bonds is 7. The van der Waals surface area contributed by atoms with Gasteiger partial charge < -0.3 is 4.42 Å². The first-order chi connectivity index (χ1) is 34.2. The summed E-state index contributed by atoms with van der Waals surface area (Å²) in [6, 6.07) is 84.7. The van der Waals surface area contributed by atoms with E-state index >= 15 is 0 Å². The maximum absolute atomic E-state index is 6.68. The maximum atomic E-state index is 6.68. The smallest absolute Gasteiger partial charge is 0.164 e. The molecule has 3 aromatic heterocycles. The van der Waals surface area contributed by atoms with Crippen molar-refractivity contribution in [3.8, 4) is 67.5 Å². The molecule has 0 amide bonds. The SMILES string of the molecule is c1ccc(-c2cccc(-c3nc(-c4ccc5sc6ccccc6c5c4)nc(-c4cccc5oc6ccc(-c7ccc8c(c7)C(c7ccccc7)(c7ccccc7)c7ccccc7-8)cc6c45)n3)c2)cc1. The minimum atomic E-state index is -0.500. The van der Waals surface area contributed by atoms with Crippen LogP contribution in [0.2, 0.25) is 0 Å². The molecule has 4 nitrogen and oxygen atoms in total. The molecular weight excluding hydrogens is 859 g/mol. The van der Waals surface area contributed by atoms with Crippen molar-refractivity contribution in [3.05, 3.63) is 259 Å². The molecular formula is C64H39N3OS. The molecule has 14 rings (SSSR count). The minimum Gasteiger partial charge on any atom is -0.456 e. The summed E-state index contributed by atoms with van der Waals surface area (Å²) in [5.41, 5.74) is 15.8. The molecule has 322 valence electrons. The van der Waals surface area contributed by atoms with Crippen LogP contribution in [0, 0.1) is 0 Å². The van der Waals surface area contributed by atoms with E-state index in [9.17, 15) is 0 Å². The third-order valence-corrected chi connectivity index (χ3v) is 15.2. The Bertz CT molecular complexity index is 4100. The van der Waals surface area contributed by atoms with E-state index in [0.717, 1.165) is 60.9 Å². The van der Waals surface area contributed by atoms with Crippen LogP contribution in [0.4, 0.5) is 0 Å². The molecule has 0 radical (unpaired) electrons. The Morgan fingerprint density at radius 2 is 0.870 bits per heavy atom. The molecule has 0 fully saturated rings. The molecule has 1 aliphatic rings. The molecule has 5 heteroatoms. The van der Waals surface area contributed by atoms with Crippen molar-refractivity contribution in [2.75, 3.05) is 0 Å². The van der Waals surface area contributed by atoms with E-state index in [0.29, 0.717) is 17.5 Å². The highest BCUT2D eigenvalue weighted by atomic mass is 32.1. The van der Waals surface area contributed by atoms with Crippen LogP contribution in [0.25, 0.3) is 110 Å². The average molecular weight is 898 g/mol. The average Bonchev–Trinajstić information content (AvgIpc) is 4.09. The van der Waals surface area contributed by atoms with E-state index in [-0.39, 0.29) is 0 Å². The Morgan fingerprint density at radius 3 is 1.68 bits per heavy atom. The lowest BCUT2D eigenvalue weighted by atomic mass is 9.67. The molecule has 0 unspecified atom stereocenters. The zero-order valence-electron chi connectivity index (χ0n) is 37.2. The van der Waals surface area contributed by atoms with Gasteiger partial charge in [-0.25, -0.2) is 15.0 Å². The third-order valence-electron chi connectivity index (χ3n) is 14.0. The van der Waals surface area contributed by atoms with Crippen LogP contribution in [0.5, 0.6) is 0 Å². The van der Waals surface area contributed by atoms with Crippen LogP contribution in [-0.4, -0.2) is 15.0 Å². The molecule has 0 saturated heterocycles. The van der Waals surface area contributed by atoms with Gasteiger partial charge in [-0.05, 0) is 110 Å². The number of hydrogen-bond acceptors (Lipinski definition) is 5. The summed E-state index contributed by atoms with van der Waals surface area (Å²) < 4.78 is 9.16. The number of thiophene rings is 1. The molecule has 0 N–H and O–H groups in total. The molecule has 0 spiro atoms. The maximum Gasteiger partial charge on any atom is 0.164 e. The Morgan fingerprint density at radius 1 is 0.319 bits per heavy atom. The Labute approximate surface area is 402 Å². The first-order valence-corrected chi connectivity index (χ1v) is 24.1. The summed E-state index contributed by atoms with van der Waals surface area (Å²) in [7, 11) is 0. The van der Waals surface area contributed by atoms with Crippen molar-refractivity contribution in [1.29, 1.82) is 0 Å². The second-order valence-corrected chi connectivity index (χ2v) is 18.9. The molecule has 0 bridgehead atoms. The first-order valence-electron chi connectivity index (χ1n) is 23.3. The highest BCUT2D eigenvalue weighted by Gasteiger charge is 2.46. The van der Waals surface area contributed by atoms with E-state index in [1.807, 2.05) is 18.2 Å². The summed E-state index contributed by atoms with van der Waals surface area (Å²) in [4.78, 5) is 15.9. The molecule has 69 heavy (non-hydrogen) atoms. The fraction of sp³-hybridized carbons (Fsp3) is 0.0156. The van der Waals surface area contributed by atoms with E-state index in [1.54, 1.807) is 11.3 Å². The topological polar surface area (TPSA) is 51.8 Å². The Kier molecular flexibility index (Phi) is 8.95. The van der Waals surface area contributed by atoms with Crippen LogP contribution >= 0.6 is 11.3 Å². The lowest BCUT2D eigenvalue weighted by Gasteiger charge is -2.34. The summed E-state index contributed by atoms with van der Waals surface area (Å²) in [6.07, 6.45) is 0. The van der Waals surface area contributed by atoms with Gasteiger partial charge in [0.15, 0.2) is 17.5 Å². The second-order valence-electron chi connectivity index (χ2n) is 17.8. The van der Waals surface area contributed by atoms with Gasteiger partial charge >= 0.3 is 0 Å². The van der Waals surface area contributed by atoms with Crippen LogP contribution < -0.4 is 0 Å². The highest BCUT2D eigenvalue weighted by molar-refractivity contribution is 7.25. The van der Waals surface area contributed by atoms with Crippen LogP contribution in [0.3, 0.4) is 0 Å². The fourth-order valence-electron chi connectivity index (χ4n) is 10.9. The normalized spacial score (nSPS) is 12.8. The second kappa shape index (κ2) is 15.7. The summed E-state index contributed by atoms with van der Waals surface area (Å²) >= 11 is 1.80. The Hall–Kier alpha value is -8.77. The third kappa shape index (κ3) is 6.25. The van der Waals surface area contributed by atoms with Gasteiger partial charge in [0.1, 0.15) is 11.2 Å². The van der Waals surface area contributed by atoms with Crippen molar-refractivity contribution in [1.82, 2.24) is 15.0 Å². The fourth-order valence-corrected chi connectivity index (χ4v) is 12.0. The first kappa shape index (κ1) is 39.4. The summed E-state index contributed by atoms with van der Waals surface area (Å²) in [6.45, 7) is 0. The van der Waals surface area contributed by atoms with Crippen LogP contribution in [0.15, 0.2) is 241 Å². The van der Waals surface area contributed by atoms with Gasteiger partial charge in [0, 0.05) is 47.6 Å². The zero-order chi connectivity index (χ0) is 45.5. The number of furan rings is 1. The highest BCUT2D eigenvalue weighted by Crippen LogP contribution is 2.57. The van der Waals surface area contributed by atoms with Gasteiger partial charge in [-0.15, -0.1) is 11.3 Å². The van der Waals surface area contributed by atoms with E-state index in [4.69, 9.17) is 19.4 Å². The predicted molar refractivity (Wildman–Crippen MR) is 284 cm³/mol. The molecule has 1 aliphatic carbocycles. The summed E-state index contributed by atoms with van der Waals surface area (Å²) in [5.74, 6) is 1.80. The van der Waals surface area contributed by atoms with Crippen molar-refractivity contribution in [2.45, 2.75) is 5.41 Å². The van der Waals surface area contributed by atoms with Gasteiger partial charge in [-0.1, -0.05) is 182 Å². The van der Waals surface area contributed by atoms with Crippen molar-refractivity contribution in [2.24, 2.45) is 0 Å².